The lowest BCUT2D eigenvalue weighted by Crippen LogP contribution is -2.49. The molecule has 0 atom stereocenters. The molecule has 0 aromatic heterocycles. The molecule has 2 amide bonds. The summed E-state index contributed by atoms with van der Waals surface area (Å²) in [6.07, 6.45) is 0. The largest absolute Gasteiger partial charge is 0.354 e. The van der Waals surface area contributed by atoms with E-state index in [4.69, 9.17) is 0 Å². The Morgan fingerprint density at radius 3 is 2.41 bits per heavy atom. The maximum Gasteiger partial charge on any atom is 0.255 e. The van der Waals surface area contributed by atoms with E-state index in [0.29, 0.717) is 5.69 Å². The van der Waals surface area contributed by atoms with E-state index in [2.05, 4.69) is 31.4 Å². The number of nitrogens with zero attached hydrogens (tertiary/aromatic N) is 1. The topological polar surface area (TPSA) is 95.6 Å². The minimum absolute atomic E-state index is 0.0105. The van der Waals surface area contributed by atoms with Crippen LogP contribution in [-0.2, 0) is 20.2 Å². The van der Waals surface area contributed by atoms with Crippen molar-refractivity contribution in [3.05, 3.63) is 59.7 Å². The number of amides is 2. The van der Waals surface area contributed by atoms with E-state index >= 15 is 0 Å². The Balaban J connectivity index is 1.78. The number of hydrogen-bond donors (Lipinski definition) is 2. The van der Waals surface area contributed by atoms with Crippen molar-refractivity contribution in [3.8, 4) is 0 Å². The van der Waals surface area contributed by atoms with Crippen LogP contribution in [0.15, 0.2) is 53.4 Å². The number of carbonyl (C=O) groups excluding carboxylic acids is 2. The molecule has 1 aliphatic rings. The van der Waals surface area contributed by atoms with Crippen molar-refractivity contribution >= 4 is 27.5 Å². The summed E-state index contributed by atoms with van der Waals surface area (Å²) >= 11 is 0. The average Bonchev–Trinajstić information content (AvgIpc) is 2.68. The number of benzene rings is 2. The number of nitrogens with one attached hydrogen (secondary N) is 2. The van der Waals surface area contributed by atoms with Gasteiger partial charge in [0.1, 0.15) is 0 Å². The Hall–Kier alpha value is -2.71. The third-order valence-corrected chi connectivity index (χ3v) is 6.59. The van der Waals surface area contributed by atoms with E-state index < -0.39 is 15.9 Å². The molecular weight excluding hydrogens is 390 g/mol. The van der Waals surface area contributed by atoms with Crippen molar-refractivity contribution < 1.29 is 18.0 Å². The highest BCUT2D eigenvalue weighted by Crippen LogP contribution is 2.24. The maximum atomic E-state index is 12.8. The Labute approximate surface area is 171 Å². The van der Waals surface area contributed by atoms with Gasteiger partial charge in [0.2, 0.25) is 15.9 Å². The average molecular weight is 416 g/mol. The molecule has 1 heterocycles. The lowest BCUT2D eigenvalue weighted by Gasteiger charge is -2.26. The zero-order valence-electron chi connectivity index (χ0n) is 16.7. The second kappa shape index (κ2) is 7.96. The van der Waals surface area contributed by atoms with Crippen molar-refractivity contribution in [3.63, 3.8) is 0 Å². The second-order valence-electron chi connectivity index (χ2n) is 8.00. The summed E-state index contributed by atoms with van der Waals surface area (Å²) in [5.41, 5.74) is 2.02. The summed E-state index contributed by atoms with van der Waals surface area (Å²) in [6.45, 7) is 6.57. The summed E-state index contributed by atoms with van der Waals surface area (Å²) in [5.74, 6) is -0.741. The van der Waals surface area contributed by atoms with E-state index in [9.17, 15) is 18.0 Å². The predicted octanol–water partition coefficient (Wildman–Crippen LogP) is 2.36. The smallest absolute Gasteiger partial charge is 0.255 e. The summed E-state index contributed by atoms with van der Waals surface area (Å²) in [4.78, 5) is 24.1. The quantitative estimate of drug-likeness (QED) is 0.801. The highest BCUT2D eigenvalue weighted by molar-refractivity contribution is 7.89. The molecule has 7 nitrogen and oxygen atoms in total. The molecule has 1 aliphatic heterocycles. The third kappa shape index (κ3) is 4.83. The monoisotopic (exact) mass is 415 g/mol. The van der Waals surface area contributed by atoms with Crippen LogP contribution in [-0.4, -0.2) is 44.2 Å². The third-order valence-electron chi connectivity index (χ3n) is 4.75. The molecule has 0 radical (unpaired) electrons. The van der Waals surface area contributed by atoms with Gasteiger partial charge < -0.3 is 10.6 Å². The fourth-order valence-electron chi connectivity index (χ4n) is 3.02. The van der Waals surface area contributed by atoms with Crippen molar-refractivity contribution in [2.75, 3.05) is 25.0 Å². The van der Waals surface area contributed by atoms with Crippen LogP contribution in [0.4, 0.5) is 5.69 Å². The standard InChI is InChI=1S/C21H25N3O4S/c1-21(2,3)16-7-9-17(10-8-16)23-20(26)15-5-4-6-18(13-15)29(27,28)24-12-11-22-19(25)14-24/h4-10,13H,11-12,14H2,1-3H3,(H,22,25)(H,23,26). The predicted molar refractivity (Wildman–Crippen MR) is 111 cm³/mol. The van der Waals surface area contributed by atoms with Gasteiger partial charge in [-0.1, -0.05) is 39.0 Å². The Morgan fingerprint density at radius 1 is 1.10 bits per heavy atom. The molecule has 2 aromatic rings. The van der Waals surface area contributed by atoms with E-state index in [1.807, 2.05) is 24.3 Å². The van der Waals surface area contributed by atoms with Gasteiger partial charge in [0, 0.05) is 24.3 Å². The molecule has 0 aliphatic carbocycles. The summed E-state index contributed by atoms with van der Waals surface area (Å²) < 4.78 is 26.7. The number of carbonyl (C=O) groups is 2. The fraction of sp³-hybridized carbons (Fsp3) is 0.333. The minimum Gasteiger partial charge on any atom is -0.354 e. The minimum atomic E-state index is -3.85. The van der Waals surface area contributed by atoms with Crippen LogP contribution >= 0.6 is 0 Å². The molecule has 2 aromatic carbocycles. The van der Waals surface area contributed by atoms with Crippen LogP contribution in [0.2, 0.25) is 0 Å². The molecule has 29 heavy (non-hydrogen) atoms. The highest BCUT2D eigenvalue weighted by atomic mass is 32.2. The van der Waals surface area contributed by atoms with E-state index in [1.165, 1.54) is 18.2 Å². The van der Waals surface area contributed by atoms with Crippen molar-refractivity contribution in [1.29, 1.82) is 0 Å². The number of sulfonamides is 1. The summed E-state index contributed by atoms with van der Waals surface area (Å²) in [7, 11) is -3.85. The van der Waals surface area contributed by atoms with Crippen LogP contribution in [0.25, 0.3) is 0 Å². The van der Waals surface area contributed by atoms with Crippen LogP contribution < -0.4 is 10.6 Å². The molecule has 0 spiro atoms. The zero-order chi connectivity index (χ0) is 21.2. The molecule has 3 rings (SSSR count). The van der Waals surface area contributed by atoms with E-state index in [0.717, 1.165) is 9.87 Å². The van der Waals surface area contributed by atoms with Gasteiger partial charge in [-0.2, -0.15) is 4.31 Å². The first-order chi connectivity index (χ1) is 13.6. The summed E-state index contributed by atoms with van der Waals surface area (Å²) in [5, 5.41) is 5.39. The Bertz CT molecular complexity index is 1020. The first kappa shape index (κ1) is 21.0. The number of hydrogen-bond acceptors (Lipinski definition) is 4. The second-order valence-corrected chi connectivity index (χ2v) is 9.94. The number of anilines is 1. The van der Waals surface area contributed by atoms with Gasteiger partial charge in [-0.25, -0.2) is 8.42 Å². The molecule has 0 saturated carbocycles. The van der Waals surface area contributed by atoms with E-state index in [-0.39, 0.29) is 41.4 Å². The number of rotatable bonds is 4. The number of piperazine rings is 1. The van der Waals surface area contributed by atoms with Gasteiger partial charge >= 0.3 is 0 Å². The summed E-state index contributed by atoms with van der Waals surface area (Å²) in [6, 6.07) is 13.4. The van der Waals surface area contributed by atoms with Gasteiger partial charge in [0.05, 0.1) is 11.4 Å². The van der Waals surface area contributed by atoms with Crippen LogP contribution in [0.1, 0.15) is 36.7 Å². The Kier molecular flexibility index (Phi) is 5.77. The van der Waals surface area contributed by atoms with Crippen LogP contribution in [0, 0.1) is 0 Å². The lowest BCUT2D eigenvalue weighted by molar-refractivity contribution is -0.122. The zero-order valence-corrected chi connectivity index (χ0v) is 17.5. The van der Waals surface area contributed by atoms with Crippen LogP contribution in [0.5, 0.6) is 0 Å². The fourth-order valence-corrected chi connectivity index (χ4v) is 4.47. The van der Waals surface area contributed by atoms with Gasteiger partial charge in [0.15, 0.2) is 0 Å². The van der Waals surface area contributed by atoms with E-state index in [1.54, 1.807) is 6.07 Å². The SMILES string of the molecule is CC(C)(C)c1ccc(NC(=O)c2cccc(S(=O)(=O)N3CCNC(=O)C3)c2)cc1. The molecule has 0 unspecified atom stereocenters. The van der Waals surface area contributed by atoms with Crippen molar-refractivity contribution in [2.45, 2.75) is 31.1 Å². The van der Waals surface area contributed by atoms with Gasteiger partial charge in [-0.05, 0) is 41.3 Å². The first-order valence-corrected chi connectivity index (χ1v) is 10.8. The molecular formula is C21H25N3O4S. The molecule has 8 heteroatoms. The molecule has 0 bridgehead atoms. The van der Waals surface area contributed by atoms with Gasteiger partial charge in [-0.15, -0.1) is 0 Å². The molecule has 154 valence electrons. The van der Waals surface area contributed by atoms with Crippen molar-refractivity contribution in [1.82, 2.24) is 9.62 Å². The van der Waals surface area contributed by atoms with Crippen LogP contribution in [0.3, 0.4) is 0 Å². The van der Waals surface area contributed by atoms with Crippen molar-refractivity contribution in [2.24, 2.45) is 0 Å². The van der Waals surface area contributed by atoms with Gasteiger partial charge in [-0.3, -0.25) is 9.59 Å². The lowest BCUT2D eigenvalue weighted by atomic mass is 9.87. The molecule has 1 saturated heterocycles. The first-order valence-electron chi connectivity index (χ1n) is 9.36. The Morgan fingerprint density at radius 2 is 1.79 bits per heavy atom. The molecule has 1 fully saturated rings. The maximum absolute atomic E-state index is 12.8. The van der Waals surface area contributed by atoms with Gasteiger partial charge in [0.25, 0.3) is 5.91 Å². The molecule has 2 N–H and O–H groups in total. The normalized spacial score (nSPS) is 15.6. The highest BCUT2D eigenvalue weighted by Gasteiger charge is 2.29.